The Bertz CT molecular complexity index is 272. The maximum Gasteiger partial charge on any atom is 0.330 e. The molecule has 0 radical (unpaired) electrons. The van der Waals surface area contributed by atoms with Crippen LogP contribution in [0.4, 0.5) is 0 Å². The van der Waals surface area contributed by atoms with E-state index in [-0.39, 0.29) is 6.61 Å². The molecule has 1 saturated heterocycles. The lowest BCUT2D eigenvalue weighted by molar-refractivity contribution is -0.265. The predicted octanol–water partition coefficient (Wildman–Crippen LogP) is -0.165. The third kappa shape index (κ3) is 3.03. The van der Waals surface area contributed by atoms with Gasteiger partial charge >= 0.3 is 11.9 Å². The van der Waals surface area contributed by atoms with Crippen LogP contribution in [0.2, 0.25) is 0 Å². The van der Waals surface area contributed by atoms with E-state index in [9.17, 15) is 9.59 Å². The van der Waals surface area contributed by atoms with Gasteiger partial charge in [0, 0.05) is 6.08 Å². The van der Waals surface area contributed by atoms with Crippen molar-refractivity contribution in [2.45, 2.75) is 6.10 Å². The summed E-state index contributed by atoms with van der Waals surface area (Å²) in [4.78, 5) is 31.4. The van der Waals surface area contributed by atoms with Gasteiger partial charge in [0.1, 0.15) is 12.0 Å². The van der Waals surface area contributed by atoms with Gasteiger partial charge in [-0.1, -0.05) is 0 Å². The van der Waals surface area contributed by atoms with Crippen molar-refractivity contribution in [3.05, 3.63) is 12.2 Å². The number of carbonyl (C=O) groups excluding carboxylic acids is 2. The lowest BCUT2D eigenvalue weighted by Gasteiger charge is -2.08. The lowest BCUT2D eigenvalue weighted by Crippen LogP contribution is -2.26. The molecular formula is C9H12O6. The third-order valence-electron chi connectivity index (χ3n) is 1.95. The molecule has 0 aliphatic carbocycles. The largest absolute Gasteiger partial charge is 0.469 e. The summed E-state index contributed by atoms with van der Waals surface area (Å²) < 4.78 is 8.94. The van der Waals surface area contributed by atoms with Crippen molar-refractivity contribution in [2.24, 2.45) is 5.92 Å². The van der Waals surface area contributed by atoms with Gasteiger partial charge < -0.3 is 9.47 Å². The van der Waals surface area contributed by atoms with Crippen LogP contribution in [0.3, 0.4) is 0 Å². The fraction of sp³-hybridized carbons (Fsp3) is 0.556. The Kier molecular flexibility index (Phi) is 4.26. The van der Waals surface area contributed by atoms with Gasteiger partial charge in [-0.3, -0.25) is 4.79 Å². The normalized spacial score (nSPS) is 25.5. The Labute approximate surface area is 86.7 Å². The van der Waals surface area contributed by atoms with E-state index in [1.807, 2.05) is 0 Å². The molecule has 2 atom stereocenters. The smallest absolute Gasteiger partial charge is 0.330 e. The fourth-order valence-corrected chi connectivity index (χ4v) is 1.11. The second kappa shape index (κ2) is 5.47. The first-order valence-corrected chi connectivity index (χ1v) is 4.31. The molecule has 6 heteroatoms. The molecule has 0 unspecified atom stereocenters. The van der Waals surface area contributed by atoms with Crippen LogP contribution in [0.5, 0.6) is 0 Å². The van der Waals surface area contributed by atoms with Gasteiger partial charge in [0.05, 0.1) is 20.8 Å². The molecule has 0 amide bonds. The summed E-state index contributed by atoms with van der Waals surface area (Å²) in [5.74, 6) is -1.50. The zero-order valence-electron chi connectivity index (χ0n) is 8.47. The first-order chi connectivity index (χ1) is 7.19. The highest BCUT2D eigenvalue weighted by atomic mass is 17.2. The fourth-order valence-electron chi connectivity index (χ4n) is 1.11. The Morgan fingerprint density at radius 3 is 2.67 bits per heavy atom. The van der Waals surface area contributed by atoms with E-state index in [2.05, 4.69) is 14.4 Å². The number of rotatable bonds is 3. The summed E-state index contributed by atoms with van der Waals surface area (Å²) in [6.45, 7) is 0.114. The minimum atomic E-state index is -0.614. The number of hydrogen-bond donors (Lipinski definition) is 0. The molecule has 0 spiro atoms. The molecule has 0 saturated carbocycles. The van der Waals surface area contributed by atoms with Gasteiger partial charge in [-0.2, -0.15) is 0 Å². The van der Waals surface area contributed by atoms with Gasteiger partial charge in [-0.15, -0.1) is 0 Å². The van der Waals surface area contributed by atoms with Gasteiger partial charge in [0.15, 0.2) is 0 Å². The molecule has 0 N–H and O–H groups in total. The molecule has 1 aliphatic heterocycles. The van der Waals surface area contributed by atoms with Crippen LogP contribution in [-0.4, -0.2) is 38.9 Å². The Balaban J connectivity index is 2.57. The minimum absolute atomic E-state index is 0.114. The molecular weight excluding hydrogens is 204 g/mol. The van der Waals surface area contributed by atoms with Crippen LogP contribution in [0.15, 0.2) is 12.2 Å². The topological polar surface area (TPSA) is 71.1 Å². The summed E-state index contributed by atoms with van der Waals surface area (Å²) in [6, 6.07) is 0. The molecule has 0 aromatic heterocycles. The zero-order valence-corrected chi connectivity index (χ0v) is 8.47. The Morgan fingerprint density at radius 2 is 2.07 bits per heavy atom. The molecule has 84 valence electrons. The quantitative estimate of drug-likeness (QED) is 0.370. The van der Waals surface area contributed by atoms with Crippen molar-refractivity contribution in [1.29, 1.82) is 0 Å². The van der Waals surface area contributed by atoms with Crippen molar-refractivity contribution >= 4 is 11.9 Å². The van der Waals surface area contributed by atoms with Crippen LogP contribution in [0, 0.1) is 5.92 Å². The van der Waals surface area contributed by atoms with E-state index in [4.69, 9.17) is 4.89 Å². The molecule has 0 aromatic rings. The molecule has 1 rings (SSSR count). The van der Waals surface area contributed by atoms with Crippen molar-refractivity contribution in [3.8, 4) is 0 Å². The summed E-state index contributed by atoms with van der Waals surface area (Å²) in [6.07, 6.45) is 1.96. The lowest BCUT2D eigenvalue weighted by atomic mass is 10.0. The SMILES string of the molecule is COC(=O)/C=C\[C@@H]1OOC[C@@H]1C(=O)OC. The van der Waals surface area contributed by atoms with Crippen molar-refractivity contribution in [1.82, 2.24) is 0 Å². The summed E-state index contributed by atoms with van der Waals surface area (Å²) in [7, 11) is 2.54. The summed E-state index contributed by atoms with van der Waals surface area (Å²) >= 11 is 0. The monoisotopic (exact) mass is 216 g/mol. The maximum atomic E-state index is 11.2. The number of carbonyl (C=O) groups is 2. The van der Waals surface area contributed by atoms with E-state index in [0.29, 0.717) is 0 Å². The van der Waals surface area contributed by atoms with E-state index in [1.54, 1.807) is 0 Å². The average molecular weight is 216 g/mol. The van der Waals surface area contributed by atoms with E-state index in [0.717, 1.165) is 0 Å². The molecule has 0 bridgehead atoms. The summed E-state index contributed by atoms with van der Waals surface area (Å²) in [5.41, 5.74) is 0. The van der Waals surface area contributed by atoms with Gasteiger partial charge in [0.25, 0.3) is 0 Å². The molecule has 15 heavy (non-hydrogen) atoms. The third-order valence-corrected chi connectivity index (χ3v) is 1.95. The van der Waals surface area contributed by atoms with Gasteiger partial charge in [0.2, 0.25) is 0 Å². The highest BCUT2D eigenvalue weighted by molar-refractivity contribution is 5.82. The van der Waals surface area contributed by atoms with E-state index < -0.39 is 24.0 Å². The van der Waals surface area contributed by atoms with Crippen molar-refractivity contribution in [2.75, 3.05) is 20.8 Å². The van der Waals surface area contributed by atoms with Crippen LogP contribution in [0.25, 0.3) is 0 Å². The van der Waals surface area contributed by atoms with E-state index in [1.165, 1.54) is 26.4 Å². The van der Waals surface area contributed by atoms with Crippen LogP contribution >= 0.6 is 0 Å². The number of ether oxygens (including phenoxy) is 2. The molecule has 0 aromatic carbocycles. The maximum absolute atomic E-state index is 11.2. The first-order valence-electron chi connectivity index (χ1n) is 4.31. The molecule has 6 nitrogen and oxygen atoms in total. The van der Waals surface area contributed by atoms with E-state index >= 15 is 0 Å². The number of hydrogen-bond acceptors (Lipinski definition) is 6. The van der Waals surface area contributed by atoms with Crippen molar-refractivity contribution in [3.63, 3.8) is 0 Å². The van der Waals surface area contributed by atoms with Crippen LogP contribution in [-0.2, 0) is 28.8 Å². The molecule has 1 heterocycles. The highest BCUT2D eigenvalue weighted by Gasteiger charge is 2.35. The predicted molar refractivity (Wildman–Crippen MR) is 47.5 cm³/mol. The van der Waals surface area contributed by atoms with Crippen LogP contribution < -0.4 is 0 Å². The van der Waals surface area contributed by atoms with Crippen LogP contribution in [0.1, 0.15) is 0 Å². The average Bonchev–Trinajstić information content (AvgIpc) is 2.72. The Morgan fingerprint density at radius 1 is 1.33 bits per heavy atom. The second-order valence-corrected chi connectivity index (χ2v) is 2.86. The molecule has 1 fully saturated rings. The number of esters is 2. The highest BCUT2D eigenvalue weighted by Crippen LogP contribution is 2.19. The first kappa shape index (κ1) is 11.7. The zero-order chi connectivity index (χ0) is 11.3. The minimum Gasteiger partial charge on any atom is -0.469 e. The molecule has 1 aliphatic rings. The summed E-state index contributed by atoms with van der Waals surface area (Å²) in [5, 5.41) is 0. The second-order valence-electron chi connectivity index (χ2n) is 2.86. The standard InChI is InChI=1S/C9H12O6/c1-12-8(10)4-3-7-6(5-14-15-7)9(11)13-2/h3-4,6-7H,5H2,1-2H3/b4-3-/t6-,7-/m0/s1. The Hall–Kier alpha value is -1.40. The van der Waals surface area contributed by atoms with Crippen molar-refractivity contribution < 1.29 is 28.8 Å². The number of methoxy groups -OCH3 is 2. The van der Waals surface area contributed by atoms with Gasteiger partial charge in [-0.25, -0.2) is 14.6 Å². The van der Waals surface area contributed by atoms with Gasteiger partial charge in [-0.05, 0) is 6.08 Å².